The summed E-state index contributed by atoms with van der Waals surface area (Å²) in [4.78, 5) is 0. The van der Waals surface area contributed by atoms with E-state index in [1.54, 1.807) is 0 Å². The van der Waals surface area contributed by atoms with Crippen LogP contribution in [0, 0.1) is 0 Å². The molecule has 10 heavy (non-hydrogen) atoms. The molecule has 0 bridgehead atoms. The zero-order chi connectivity index (χ0) is 7.66. The average Bonchev–Trinajstić information content (AvgIpc) is 1.97. The summed E-state index contributed by atoms with van der Waals surface area (Å²) in [7, 11) is 1.43. The molecule has 0 N–H and O–H groups in total. The monoisotopic (exact) mass is 143 g/mol. The maximum Gasteiger partial charge on any atom is 0.487 e. The highest BCUT2D eigenvalue weighted by Gasteiger charge is 1.90. The minimum atomic E-state index is 0.688. The Hall–Kier alpha value is -0.0151. The van der Waals surface area contributed by atoms with Crippen LogP contribution in [0.2, 0.25) is 0 Å². The average molecular weight is 143 g/mol. The minimum Gasteiger partial charge on any atom is -0.414 e. The second kappa shape index (κ2) is 8.98. The Labute approximate surface area is 64.2 Å². The van der Waals surface area contributed by atoms with Crippen molar-refractivity contribution < 1.29 is 9.31 Å². The van der Waals surface area contributed by atoms with Crippen LogP contribution in [0.15, 0.2) is 0 Å². The van der Waals surface area contributed by atoms with Crippen LogP contribution < -0.4 is 0 Å². The van der Waals surface area contributed by atoms with E-state index in [9.17, 15) is 0 Å². The van der Waals surface area contributed by atoms with Crippen molar-refractivity contribution in [1.82, 2.24) is 0 Å². The van der Waals surface area contributed by atoms with Gasteiger partial charge in [0.25, 0.3) is 0 Å². The van der Waals surface area contributed by atoms with Crippen molar-refractivity contribution in [3.63, 3.8) is 0 Å². The van der Waals surface area contributed by atoms with Gasteiger partial charge in [-0.2, -0.15) is 0 Å². The summed E-state index contributed by atoms with van der Waals surface area (Å²) >= 11 is 0. The molecule has 0 aliphatic carbocycles. The van der Waals surface area contributed by atoms with Gasteiger partial charge in [0.1, 0.15) is 0 Å². The van der Waals surface area contributed by atoms with Crippen LogP contribution in [0.3, 0.4) is 0 Å². The summed E-state index contributed by atoms with van der Waals surface area (Å²) in [6, 6.07) is 0. The van der Waals surface area contributed by atoms with Gasteiger partial charge in [0.15, 0.2) is 0 Å². The molecule has 0 aromatic heterocycles. The predicted molar refractivity (Wildman–Crippen MR) is 42.9 cm³/mol. The van der Waals surface area contributed by atoms with Gasteiger partial charge in [0.05, 0.1) is 0 Å². The molecule has 0 aliphatic rings. The first kappa shape index (κ1) is 9.98. The molecule has 0 amide bonds. The normalized spacial score (nSPS) is 9.80. The van der Waals surface area contributed by atoms with Gasteiger partial charge >= 0.3 is 7.69 Å². The zero-order valence-corrected chi connectivity index (χ0v) is 6.93. The standard InChI is InChI=1S/C7H16BO2/c1-3-5-6-7-10-8-9-4-2/h3-7H2,1-2H3. The van der Waals surface area contributed by atoms with Crippen molar-refractivity contribution in [1.29, 1.82) is 0 Å². The van der Waals surface area contributed by atoms with Gasteiger partial charge in [-0.3, -0.25) is 0 Å². The summed E-state index contributed by atoms with van der Waals surface area (Å²) < 4.78 is 9.90. The molecule has 0 spiro atoms. The Balaban J connectivity index is 2.65. The Morgan fingerprint density at radius 1 is 1.10 bits per heavy atom. The molecule has 0 saturated carbocycles. The van der Waals surface area contributed by atoms with Crippen molar-refractivity contribution in [2.45, 2.75) is 33.1 Å². The van der Waals surface area contributed by atoms with E-state index >= 15 is 0 Å². The fraction of sp³-hybridized carbons (Fsp3) is 1.00. The third-order valence-electron chi connectivity index (χ3n) is 1.17. The van der Waals surface area contributed by atoms with E-state index in [0.29, 0.717) is 6.61 Å². The first-order valence-corrected chi connectivity index (χ1v) is 3.96. The molecule has 0 unspecified atom stereocenters. The Kier molecular flexibility index (Phi) is 8.97. The van der Waals surface area contributed by atoms with Crippen LogP contribution in [0.4, 0.5) is 0 Å². The second-order valence-corrected chi connectivity index (χ2v) is 2.13. The summed E-state index contributed by atoms with van der Waals surface area (Å²) in [5.41, 5.74) is 0. The van der Waals surface area contributed by atoms with Crippen LogP contribution in [-0.2, 0) is 9.31 Å². The number of hydrogen-bond acceptors (Lipinski definition) is 2. The van der Waals surface area contributed by atoms with Crippen LogP contribution in [0.1, 0.15) is 33.1 Å². The highest BCUT2D eigenvalue weighted by atomic mass is 16.6. The molecule has 0 aliphatic heterocycles. The second-order valence-electron chi connectivity index (χ2n) is 2.13. The van der Waals surface area contributed by atoms with Crippen molar-refractivity contribution in [2.75, 3.05) is 13.2 Å². The van der Waals surface area contributed by atoms with E-state index in [-0.39, 0.29) is 0 Å². The van der Waals surface area contributed by atoms with E-state index in [1.165, 1.54) is 20.5 Å². The summed E-state index contributed by atoms with van der Waals surface area (Å²) in [5.74, 6) is 0. The number of hydrogen-bond donors (Lipinski definition) is 0. The highest BCUT2D eigenvalue weighted by Crippen LogP contribution is 1.92. The molecule has 0 rings (SSSR count). The third-order valence-corrected chi connectivity index (χ3v) is 1.17. The molecule has 1 radical (unpaired) electrons. The molecule has 0 fully saturated rings. The lowest BCUT2D eigenvalue weighted by Crippen LogP contribution is -2.05. The Bertz CT molecular complexity index is 51.6. The predicted octanol–water partition coefficient (Wildman–Crippen LogP) is 1.76. The van der Waals surface area contributed by atoms with Gasteiger partial charge in [-0.05, 0) is 13.3 Å². The van der Waals surface area contributed by atoms with E-state index in [2.05, 4.69) is 6.92 Å². The van der Waals surface area contributed by atoms with Gasteiger partial charge in [-0.25, -0.2) is 0 Å². The topological polar surface area (TPSA) is 18.5 Å². The molecule has 0 aromatic rings. The zero-order valence-electron chi connectivity index (χ0n) is 6.93. The largest absolute Gasteiger partial charge is 0.487 e. The minimum absolute atomic E-state index is 0.688. The summed E-state index contributed by atoms with van der Waals surface area (Å²) in [6.45, 7) is 5.58. The van der Waals surface area contributed by atoms with Gasteiger partial charge in [-0.1, -0.05) is 19.8 Å². The van der Waals surface area contributed by atoms with Gasteiger partial charge in [0.2, 0.25) is 0 Å². The molecule has 59 valence electrons. The fourth-order valence-corrected chi connectivity index (χ4v) is 0.600. The molecule has 0 atom stereocenters. The molecular formula is C7H16BO2. The molecular weight excluding hydrogens is 127 g/mol. The van der Waals surface area contributed by atoms with Crippen LogP contribution in [0.25, 0.3) is 0 Å². The molecule has 0 aromatic carbocycles. The van der Waals surface area contributed by atoms with E-state index in [4.69, 9.17) is 9.31 Å². The van der Waals surface area contributed by atoms with Crippen molar-refractivity contribution in [3.05, 3.63) is 0 Å². The van der Waals surface area contributed by atoms with Crippen molar-refractivity contribution in [2.24, 2.45) is 0 Å². The van der Waals surface area contributed by atoms with Gasteiger partial charge < -0.3 is 9.31 Å². The summed E-state index contributed by atoms with van der Waals surface area (Å²) in [5, 5.41) is 0. The molecule has 0 heterocycles. The quantitative estimate of drug-likeness (QED) is 0.399. The van der Waals surface area contributed by atoms with E-state index in [1.807, 2.05) is 6.92 Å². The fourth-order valence-electron chi connectivity index (χ4n) is 0.600. The maximum atomic E-state index is 5.03. The number of unbranched alkanes of at least 4 members (excludes halogenated alkanes) is 2. The lowest BCUT2D eigenvalue weighted by molar-refractivity contribution is 0.226. The Morgan fingerprint density at radius 3 is 2.50 bits per heavy atom. The smallest absolute Gasteiger partial charge is 0.414 e. The van der Waals surface area contributed by atoms with Crippen LogP contribution in [-0.4, -0.2) is 20.9 Å². The van der Waals surface area contributed by atoms with E-state index < -0.39 is 0 Å². The van der Waals surface area contributed by atoms with E-state index in [0.717, 1.165) is 13.0 Å². The van der Waals surface area contributed by atoms with Gasteiger partial charge in [-0.15, -0.1) is 0 Å². The molecule has 2 nitrogen and oxygen atoms in total. The first-order chi connectivity index (χ1) is 4.91. The molecule has 3 heteroatoms. The maximum absolute atomic E-state index is 5.03. The summed E-state index contributed by atoms with van der Waals surface area (Å²) in [6.07, 6.45) is 3.60. The Morgan fingerprint density at radius 2 is 1.90 bits per heavy atom. The van der Waals surface area contributed by atoms with Crippen molar-refractivity contribution in [3.8, 4) is 0 Å². The number of rotatable bonds is 7. The third kappa shape index (κ3) is 7.98. The lowest BCUT2D eigenvalue weighted by atomic mass is 10.2. The SMILES string of the molecule is CCCCCO[B]OCC. The molecule has 0 saturated heterocycles. The van der Waals surface area contributed by atoms with Gasteiger partial charge in [0, 0.05) is 13.2 Å². The van der Waals surface area contributed by atoms with Crippen molar-refractivity contribution >= 4 is 7.69 Å². The first-order valence-electron chi connectivity index (χ1n) is 3.96. The lowest BCUT2D eigenvalue weighted by Gasteiger charge is -1.99. The highest BCUT2D eigenvalue weighted by molar-refractivity contribution is 6.17. The van der Waals surface area contributed by atoms with Crippen LogP contribution >= 0.6 is 0 Å². The van der Waals surface area contributed by atoms with Crippen LogP contribution in [0.5, 0.6) is 0 Å².